The highest BCUT2D eigenvalue weighted by Gasteiger charge is 2.29. The van der Waals surface area contributed by atoms with E-state index in [-0.39, 0.29) is 17.6 Å². The molecule has 1 atom stereocenters. The van der Waals surface area contributed by atoms with Gasteiger partial charge in [0.05, 0.1) is 24.7 Å². The normalized spacial score (nSPS) is 17.7. The van der Waals surface area contributed by atoms with Gasteiger partial charge in [0.2, 0.25) is 0 Å². The minimum atomic E-state index is -0.165. The number of aryl methyl sites for hydroxylation is 3. The van der Waals surface area contributed by atoms with Gasteiger partial charge in [-0.3, -0.25) is 9.59 Å². The zero-order valence-electron chi connectivity index (χ0n) is 14.4. The van der Waals surface area contributed by atoms with Gasteiger partial charge in [-0.05, 0) is 26.2 Å². The second-order valence-electron chi connectivity index (χ2n) is 6.10. The molecule has 1 aliphatic heterocycles. The average molecular weight is 346 g/mol. The lowest BCUT2D eigenvalue weighted by Gasteiger charge is -2.33. The predicted octanol–water partition coefficient (Wildman–Crippen LogP) is 1.10. The van der Waals surface area contributed by atoms with Crippen molar-refractivity contribution in [1.82, 2.24) is 20.0 Å². The first-order valence-electron chi connectivity index (χ1n) is 8.48. The van der Waals surface area contributed by atoms with Crippen LogP contribution >= 0.6 is 0 Å². The molecule has 3 rings (SSSR count). The molecule has 0 unspecified atom stereocenters. The Bertz CT molecular complexity index is 798. The zero-order chi connectivity index (χ0) is 17.8. The van der Waals surface area contributed by atoms with E-state index in [9.17, 15) is 9.59 Å². The molecule has 0 bridgehead atoms. The molecule has 2 aromatic rings. The van der Waals surface area contributed by atoms with Crippen molar-refractivity contribution in [3.63, 3.8) is 0 Å². The zero-order valence-corrected chi connectivity index (χ0v) is 14.4. The van der Waals surface area contributed by atoms with Gasteiger partial charge in [0, 0.05) is 24.8 Å². The molecule has 8 heteroatoms. The van der Waals surface area contributed by atoms with E-state index in [0.29, 0.717) is 56.0 Å². The molecule has 0 spiro atoms. The van der Waals surface area contributed by atoms with E-state index in [2.05, 4.69) is 15.1 Å². The van der Waals surface area contributed by atoms with E-state index in [1.54, 1.807) is 11.8 Å². The van der Waals surface area contributed by atoms with Crippen LogP contribution in [0.4, 0.5) is 0 Å². The molecule has 1 amide bonds. The maximum atomic E-state index is 12.8. The van der Waals surface area contributed by atoms with Crippen molar-refractivity contribution in [2.24, 2.45) is 0 Å². The van der Waals surface area contributed by atoms with E-state index < -0.39 is 0 Å². The standard InChI is InChI=1S/C17H22N4O4/c1-3-14-16(11(2)25-20-14)17(23)21-6-7-24-13(9-21)5-4-12-8-15(22)19-10-18-12/h8,10,13H,3-7,9H2,1-2H3,(H,18,19,22)/t13-/m1/s1. The number of carbonyl (C=O) groups excluding carboxylic acids is 1. The predicted molar refractivity (Wildman–Crippen MR) is 89.4 cm³/mol. The first-order valence-corrected chi connectivity index (χ1v) is 8.48. The molecule has 8 nitrogen and oxygen atoms in total. The second kappa shape index (κ2) is 7.60. The van der Waals surface area contributed by atoms with Gasteiger partial charge in [-0.25, -0.2) is 4.98 Å². The summed E-state index contributed by atoms with van der Waals surface area (Å²) >= 11 is 0. The fourth-order valence-electron chi connectivity index (χ4n) is 3.02. The lowest BCUT2D eigenvalue weighted by atomic mass is 10.1. The number of aromatic amines is 1. The second-order valence-corrected chi connectivity index (χ2v) is 6.10. The van der Waals surface area contributed by atoms with Crippen LogP contribution in [0.5, 0.6) is 0 Å². The van der Waals surface area contributed by atoms with Crippen LogP contribution in [0, 0.1) is 6.92 Å². The van der Waals surface area contributed by atoms with Crippen molar-refractivity contribution in [1.29, 1.82) is 0 Å². The van der Waals surface area contributed by atoms with Crippen molar-refractivity contribution >= 4 is 5.91 Å². The van der Waals surface area contributed by atoms with E-state index in [1.807, 2.05) is 6.92 Å². The van der Waals surface area contributed by atoms with Crippen LogP contribution in [0.3, 0.4) is 0 Å². The summed E-state index contributed by atoms with van der Waals surface area (Å²) in [6, 6.07) is 1.49. The van der Waals surface area contributed by atoms with Gasteiger partial charge in [0.1, 0.15) is 11.3 Å². The summed E-state index contributed by atoms with van der Waals surface area (Å²) in [6.07, 6.45) is 3.30. The van der Waals surface area contributed by atoms with Gasteiger partial charge in [-0.15, -0.1) is 0 Å². The van der Waals surface area contributed by atoms with Crippen LogP contribution < -0.4 is 5.56 Å². The molecule has 0 aliphatic carbocycles. The summed E-state index contributed by atoms with van der Waals surface area (Å²) < 4.78 is 10.9. The number of carbonyl (C=O) groups is 1. The third-order valence-corrected chi connectivity index (χ3v) is 4.37. The van der Waals surface area contributed by atoms with Gasteiger partial charge >= 0.3 is 0 Å². The van der Waals surface area contributed by atoms with Crippen LogP contribution in [-0.4, -0.2) is 51.7 Å². The first kappa shape index (κ1) is 17.3. The fraction of sp³-hybridized carbons (Fsp3) is 0.529. The molecule has 1 saturated heterocycles. The minimum Gasteiger partial charge on any atom is -0.375 e. The van der Waals surface area contributed by atoms with Crippen LogP contribution in [0.1, 0.15) is 40.9 Å². The Morgan fingerprint density at radius 3 is 3.08 bits per heavy atom. The number of hydrogen-bond acceptors (Lipinski definition) is 6. The number of H-pyrrole nitrogens is 1. The third-order valence-electron chi connectivity index (χ3n) is 4.37. The highest BCUT2D eigenvalue weighted by Crippen LogP contribution is 2.19. The summed E-state index contributed by atoms with van der Waals surface area (Å²) in [5.74, 6) is 0.496. The molecule has 1 N–H and O–H groups in total. The Hall–Kier alpha value is -2.48. The Morgan fingerprint density at radius 2 is 2.32 bits per heavy atom. The Kier molecular flexibility index (Phi) is 5.28. The van der Waals surface area contributed by atoms with E-state index in [1.165, 1.54) is 12.4 Å². The Morgan fingerprint density at radius 1 is 1.48 bits per heavy atom. The van der Waals surface area contributed by atoms with E-state index in [0.717, 1.165) is 5.69 Å². The number of morpholine rings is 1. The molecule has 1 aliphatic rings. The Balaban J connectivity index is 1.63. The summed E-state index contributed by atoms with van der Waals surface area (Å²) in [6.45, 7) is 5.26. The number of hydrogen-bond donors (Lipinski definition) is 1. The quantitative estimate of drug-likeness (QED) is 0.870. The van der Waals surface area contributed by atoms with Crippen molar-refractivity contribution < 1.29 is 14.1 Å². The van der Waals surface area contributed by atoms with Crippen molar-refractivity contribution in [2.45, 2.75) is 39.2 Å². The highest BCUT2D eigenvalue weighted by molar-refractivity contribution is 5.96. The highest BCUT2D eigenvalue weighted by atomic mass is 16.5. The Labute approximate surface area is 145 Å². The molecule has 0 saturated carbocycles. The van der Waals surface area contributed by atoms with E-state index >= 15 is 0 Å². The van der Waals surface area contributed by atoms with Crippen LogP contribution in [-0.2, 0) is 17.6 Å². The molecular formula is C17H22N4O4. The van der Waals surface area contributed by atoms with E-state index in [4.69, 9.17) is 9.26 Å². The number of ether oxygens (including phenoxy) is 1. The number of amides is 1. The molecule has 2 aromatic heterocycles. The maximum Gasteiger partial charge on any atom is 0.259 e. The van der Waals surface area contributed by atoms with Crippen molar-refractivity contribution in [3.05, 3.63) is 45.5 Å². The maximum absolute atomic E-state index is 12.8. The largest absolute Gasteiger partial charge is 0.375 e. The van der Waals surface area contributed by atoms with Gasteiger partial charge < -0.3 is 19.1 Å². The minimum absolute atomic E-state index is 0.0572. The first-order chi connectivity index (χ1) is 12.1. The van der Waals surface area contributed by atoms with Gasteiger partial charge in [-0.2, -0.15) is 0 Å². The van der Waals surface area contributed by atoms with Gasteiger partial charge in [0.15, 0.2) is 0 Å². The molecule has 3 heterocycles. The number of nitrogens with one attached hydrogen (secondary N) is 1. The molecule has 25 heavy (non-hydrogen) atoms. The number of aromatic nitrogens is 3. The third kappa shape index (κ3) is 3.96. The topological polar surface area (TPSA) is 101 Å². The molecule has 134 valence electrons. The summed E-state index contributed by atoms with van der Waals surface area (Å²) in [7, 11) is 0. The molecule has 0 aromatic carbocycles. The van der Waals surface area contributed by atoms with Gasteiger partial charge in [-0.1, -0.05) is 12.1 Å². The SMILES string of the molecule is CCc1noc(C)c1C(=O)N1CCO[C@H](CCc2cc(=O)[nH]cn2)C1. The van der Waals surface area contributed by atoms with Crippen molar-refractivity contribution in [2.75, 3.05) is 19.7 Å². The van der Waals surface area contributed by atoms with Crippen molar-refractivity contribution in [3.8, 4) is 0 Å². The number of nitrogens with zero attached hydrogens (tertiary/aromatic N) is 3. The summed E-state index contributed by atoms with van der Waals surface area (Å²) in [5.41, 5.74) is 1.82. The lowest BCUT2D eigenvalue weighted by molar-refractivity contribution is -0.0247. The lowest BCUT2D eigenvalue weighted by Crippen LogP contribution is -2.46. The number of rotatable bonds is 5. The summed E-state index contributed by atoms with van der Waals surface area (Å²) in [4.78, 5) is 32.6. The molecule has 1 fully saturated rings. The van der Waals surface area contributed by atoms with Gasteiger partial charge in [0.25, 0.3) is 11.5 Å². The van der Waals surface area contributed by atoms with Crippen LogP contribution in [0.2, 0.25) is 0 Å². The van der Waals surface area contributed by atoms with Crippen LogP contribution in [0.15, 0.2) is 21.7 Å². The monoisotopic (exact) mass is 346 g/mol. The fourth-order valence-corrected chi connectivity index (χ4v) is 3.02. The smallest absolute Gasteiger partial charge is 0.259 e. The molecular weight excluding hydrogens is 324 g/mol. The average Bonchev–Trinajstić information content (AvgIpc) is 3.00. The molecule has 0 radical (unpaired) electrons. The van der Waals surface area contributed by atoms with Crippen LogP contribution in [0.25, 0.3) is 0 Å². The summed E-state index contributed by atoms with van der Waals surface area (Å²) in [5, 5.41) is 3.96.